The van der Waals surface area contributed by atoms with Gasteiger partial charge in [-0.05, 0) is 189 Å². The van der Waals surface area contributed by atoms with E-state index in [-0.39, 0.29) is 0 Å². The van der Waals surface area contributed by atoms with Crippen LogP contribution in [0.1, 0.15) is 208 Å². The van der Waals surface area contributed by atoms with E-state index in [0.29, 0.717) is 0 Å². The van der Waals surface area contributed by atoms with Gasteiger partial charge in [0.05, 0.1) is 57.4 Å². The molecule has 0 aliphatic heterocycles. The van der Waals surface area contributed by atoms with Crippen LogP contribution in [0.15, 0.2) is 364 Å². The molecule has 11 aromatic heterocycles. The summed E-state index contributed by atoms with van der Waals surface area (Å²) in [6.07, 6.45) is 24.4. The number of benzene rings is 9. The summed E-state index contributed by atoms with van der Waals surface area (Å²) in [7, 11) is 0. The highest BCUT2D eigenvalue weighted by Crippen LogP contribution is 2.20. The van der Waals surface area contributed by atoms with Gasteiger partial charge in [0.25, 0.3) is 0 Å². The molecule has 20 rings (SSSR count). The van der Waals surface area contributed by atoms with E-state index < -0.39 is 0 Å². The second-order valence-corrected chi connectivity index (χ2v) is 38.6. The molecule has 0 saturated carbocycles. The molecule has 0 amide bonds. The zero-order chi connectivity index (χ0) is 100. The van der Waals surface area contributed by atoms with Crippen molar-refractivity contribution >= 4 is 120 Å². The zero-order valence-electron chi connectivity index (χ0n) is 87.1. The predicted molar refractivity (Wildman–Crippen MR) is 594 cm³/mol. The van der Waals surface area contributed by atoms with Crippen LogP contribution < -0.4 is 0 Å². The van der Waals surface area contributed by atoms with Crippen molar-refractivity contribution in [3.05, 3.63) is 360 Å². The second-order valence-electron chi connectivity index (χ2n) is 37.7. The summed E-state index contributed by atoms with van der Waals surface area (Å²) < 4.78 is 6.49. The van der Waals surface area contributed by atoms with Crippen molar-refractivity contribution in [2.24, 2.45) is 59.2 Å². The molecule has 720 valence electrons. The van der Waals surface area contributed by atoms with E-state index in [1.54, 1.807) is 55.0 Å². The van der Waals surface area contributed by atoms with Gasteiger partial charge in [-0.1, -0.05) is 372 Å². The van der Waals surface area contributed by atoms with Crippen LogP contribution in [0.2, 0.25) is 0 Å². The minimum atomic E-state index is 0.748. The van der Waals surface area contributed by atoms with Gasteiger partial charge in [-0.25, -0.2) is 29.9 Å². The Labute approximate surface area is 815 Å². The number of nitrogens with zero attached hydrogens (tertiary/aromatic N) is 11. The van der Waals surface area contributed by atoms with Crippen LogP contribution >= 0.6 is 11.3 Å². The third kappa shape index (κ3) is 65.2. The summed E-state index contributed by atoms with van der Waals surface area (Å²) >= 11 is 1.79. The van der Waals surface area contributed by atoms with Gasteiger partial charge in [0.15, 0.2) is 5.65 Å². The van der Waals surface area contributed by atoms with E-state index in [9.17, 15) is 0 Å². The van der Waals surface area contributed by atoms with Gasteiger partial charge in [-0.3, -0.25) is 25.0 Å². The summed E-state index contributed by atoms with van der Waals surface area (Å²) in [6, 6.07) is 88.5. The Morgan fingerprint density at radius 3 is 1.11 bits per heavy atom. The zero-order valence-corrected chi connectivity index (χ0v) is 87.9. The van der Waals surface area contributed by atoms with Crippen LogP contribution in [0.4, 0.5) is 0 Å². The molecule has 0 fully saturated rings. The van der Waals surface area contributed by atoms with Crippen LogP contribution in [0.3, 0.4) is 0 Å². The predicted octanol–water partition coefficient (Wildman–Crippen LogP) is 36.0. The molecular formula is C119H162N14OS. The molecule has 9 aromatic carbocycles. The van der Waals surface area contributed by atoms with Crippen molar-refractivity contribution in [2.75, 3.05) is 0 Å². The number of rotatable bonds is 0. The van der Waals surface area contributed by atoms with Crippen LogP contribution in [0.5, 0.6) is 0 Å². The molecule has 0 radical (unpaired) electrons. The van der Waals surface area contributed by atoms with Gasteiger partial charge in [0, 0.05) is 92.9 Å². The SMILES string of the molecule is CC(C)C.CC(C)C.CC(C)C.CC(C)C.CC(C)C.CC(C)C.CC(C)C.CC(C)C.CC(C)C.CC(C)C.c1ccc2[nH]ccc2c1.c1ccc2[nH]cnc2c1.c1ccc2[nH]ncc2c1.c1ccc2cnccc2c1.c1ccc2ncccc2c1.c1ccc2nccnc2c1.c1ccc2ncncc2c1.c1ccc2occc2c1.c1ccc2sccc2c1.c1cnc2ncncc2c1. The average Bonchev–Trinajstić information content (AvgIpc) is 1.55. The normalized spacial score (nSPS) is 9.78. The molecule has 0 atom stereocenters. The summed E-state index contributed by atoms with van der Waals surface area (Å²) in [5.74, 6) is 8.33. The maximum absolute atomic E-state index is 5.12. The van der Waals surface area contributed by atoms with Crippen LogP contribution in [0.25, 0.3) is 109 Å². The van der Waals surface area contributed by atoms with E-state index >= 15 is 0 Å². The first kappa shape index (κ1) is 120. The van der Waals surface area contributed by atoms with Crippen LogP contribution in [0, 0.1) is 59.2 Å². The number of hydrogen-bond acceptors (Lipinski definition) is 13. The molecule has 15 nitrogen and oxygen atoms in total. The summed E-state index contributed by atoms with van der Waals surface area (Å²) in [5, 5.41) is 19.5. The molecular weight excluding hydrogens is 1670 g/mol. The number of hydrogen-bond donors (Lipinski definition) is 3. The third-order valence-electron chi connectivity index (χ3n) is 14.0. The molecule has 20 aromatic rings. The Kier molecular flexibility index (Phi) is 67.0. The number of thiophene rings is 1. The van der Waals surface area contributed by atoms with E-state index in [2.05, 4.69) is 356 Å². The first-order chi connectivity index (χ1) is 64.5. The van der Waals surface area contributed by atoms with Gasteiger partial charge < -0.3 is 14.4 Å². The highest BCUT2D eigenvalue weighted by Gasteiger charge is 1.97. The number of imidazole rings is 1. The first-order valence-corrected chi connectivity index (χ1v) is 48.4. The number of nitrogens with one attached hydrogen (secondary N) is 3. The summed E-state index contributed by atoms with van der Waals surface area (Å²) in [5.41, 5.74) is 10.1. The second kappa shape index (κ2) is 75.4. The van der Waals surface area contributed by atoms with Crippen LogP contribution in [-0.4, -0.2) is 70.0 Å². The van der Waals surface area contributed by atoms with Gasteiger partial charge in [-0.15, -0.1) is 11.3 Å². The number of H-pyrrole nitrogens is 3. The first-order valence-electron chi connectivity index (χ1n) is 47.5. The number of aromatic nitrogens is 14. The lowest BCUT2D eigenvalue weighted by molar-refractivity contribution is 0.616. The van der Waals surface area contributed by atoms with Crippen molar-refractivity contribution in [2.45, 2.75) is 208 Å². The smallest absolute Gasteiger partial charge is 0.162 e. The molecule has 3 N–H and O–H groups in total. The number of fused-ring (bicyclic) bond motifs is 10. The van der Waals surface area contributed by atoms with E-state index in [1.807, 2.05) is 231 Å². The molecule has 0 spiro atoms. The van der Waals surface area contributed by atoms with Crippen molar-refractivity contribution in [1.82, 2.24) is 70.0 Å². The van der Waals surface area contributed by atoms with E-state index in [4.69, 9.17) is 4.42 Å². The fraction of sp³-hybridized carbons (Fsp3) is 0.336. The number of aromatic amines is 3. The fourth-order valence-corrected chi connectivity index (χ4v) is 10.1. The topological polar surface area (TPSA) is 202 Å². The van der Waals surface area contributed by atoms with Gasteiger partial charge in [0.2, 0.25) is 0 Å². The Balaban J connectivity index is 0.000000719. The molecule has 0 saturated heterocycles. The average molecular weight is 1840 g/mol. The lowest BCUT2D eigenvalue weighted by Crippen LogP contribution is -1.82. The van der Waals surface area contributed by atoms with E-state index in [1.165, 1.54) is 43.5 Å². The minimum Gasteiger partial charge on any atom is -0.464 e. The monoisotopic (exact) mass is 1840 g/mol. The van der Waals surface area contributed by atoms with Crippen LogP contribution in [-0.2, 0) is 0 Å². The minimum absolute atomic E-state index is 0.748. The molecule has 0 unspecified atom stereocenters. The number of pyridine rings is 3. The Hall–Kier alpha value is -13.1. The third-order valence-corrected chi connectivity index (χ3v) is 14.9. The van der Waals surface area contributed by atoms with Gasteiger partial charge in [0.1, 0.15) is 18.2 Å². The van der Waals surface area contributed by atoms with Crippen molar-refractivity contribution < 1.29 is 4.42 Å². The molecule has 11 heterocycles. The van der Waals surface area contributed by atoms with E-state index in [0.717, 1.165) is 131 Å². The summed E-state index contributed by atoms with van der Waals surface area (Å²) in [4.78, 5) is 46.4. The maximum atomic E-state index is 5.12. The lowest BCUT2D eigenvalue weighted by Gasteiger charge is -1.91. The number of para-hydroxylation sites is 9. The number of furan rings is 1. The maximum Gasteiger partial charge on any atom is 0.162 e. The van der Waals surface area contributed by atoms with Crippen molar-refractivity contribution in [3.63, 3.8) is 0 Å². The molecule has 0 aliphatic carbocycles. The Morgan fingerprint density at radius 2 is 0.622 bits per heavy atom. The standard InChI is InChI=1S/2C9H7N.2C8H6N2.C8H7N.C8H6O.C8H6S.C7H5N3.2C7H6N2.10C4H10/c1-2-6-9-8(4-1)5-3-7-10-9;1-2-4-9-7-10-6-5-8(9)3-1;1-2-4-8-7(3-1)5-9-6-10-8;1-2-4-8-7(3-1)9-5-6-10-8;3*1-2-4-8-7(3-1)5-6-9-8;1-2-6-4-8-5-10-7(6)9-3-1;1-2-4-7-6(3-1)8-5-9-7;1-2-4-7-6(3-1)5-8-9-7;10*1-4(2)3/h2*1-7H;2*1-6H;1-6,9H;2*1-6H;1-5H;2*1-5H,(H,8,9);10*4H,1-3H3. The largest absolute Gasteiger partial charge is 0.464 e. The fourth-order valence-electron chi connectivity index (χ4n) is 9.27. The Morgan fingerprint density at radius 1 is 0.237 bits per heavy atom. The molecule has 135 heavy (non-hydrogen) atoms. The quantitative estimate of drug-likeness (QED) is 0.130. The highest BCUT2D eigenvalue weighted by atomic mass is 32.1. The Bertz CT molecular complexity index is 4740. The van der Waals surface area contributed by atoms with Gasteiger partial charge >= 0.3 is 0 Å². The molecule has 16 heteroatoms. The molecule has 0 bridgehead atoms. The summed E-state index contributed by atoms with van der Waals surface area (Å²) in [6.45, 7) is 65.0. The highest BCUT2D eigenvalue weighted by molar-refractivity contribution is 7.17. The molecule has 0 aliphatic rings. The van der Waals surface area contributed by atoms with Gasteiger partial charge in [-0.2, -0.15) is 5.10 Å². The van der Waals surface area contributed by atoms with Crippen molar-refractivity contribution in [3.8, 4) is 0 Å². The van der Waals surface area contributed by atoms with Crippen molar-refractivity contribution in [1.29, 1.82) is 0 Å². The lowest BCUT2D eigenvalue weighted by atomic mass is 10.2.